The third-order valence-corrected chi connectivity index (χ3v) is 6.08. The fourth-order valence-corrected chi connectivity index (χ4v) is 4.78. The van der Waals surface area contributed by atoms with Crippen molar-refractivity contribution in [2.24, 2.45) is 5.92 Å². The summed E-state index contributed by atoms with van der Waals surface area (Å²) in [6, 6.07) is 2.19. The first-order chi connectivity index (χ1) is 10.3. The highest BCUT2D eigenvalue weighted by molar-refractivity contribution is 7.14. The Labute approximate surface area is 131 Å². The standard InChI is InChI=1S/C17H26N2OS/c1-18-12-13-7-9-19(10-8-13)17(20)16-11-14-5-3-2-4-6-15(14)21-16/h11,13,18H,2-10,12H2,1H3. The molecule has 1 aliphatic carbocycles. The molecule has 0 spiro atoms. The number of likely N-dealkylation sites (tertiary alicyclic amines) is 1. The molecule has 3 nitrogen and oxygen atoms in total. The second-order valence-corrected chi connectivity index (χ2v) is 7.55. The highest BCUT2D eigenvalue weighted by Gasteiger charge is 2.25. The summed E-state index contributed by atoms with van der Waals surface area (Å²) in [6.07, 6.45) is 8.53. The maximum absolute atomic E-state index is 12.7. The lowest BCUT2D eigenvalue weighted by atomic mass is 9.97. The molecule has 1 aromatic rings. The molecule has 1 saturated heterocycles. The van der Waals surface area contributed by atoms with E-state index in [0.717, 1.165) is 43.3 Å². The zero-order valence-electron chi connectivity index (χ0n) is 13.0. The molecular formula is C17H26N2OS. The fraction of sp³-hybridized carbons (Fsp3) is 0.706. The van der Waals surface area contributed by atoms with Crippen molar-refractivity contribution in [3.05, 3.63) is 21.4 Å². The van der Waals surface area contributed by atoms with Gasteiger partial charge in [-0.2, -0.15) is 0 Å². The number of carbonyl (C=O) groups excluding carboxylic acids is 1. The van der Waals surface area contributed by atoms with E-state index in [9.17, 15) is 4.79 Å². The van der Waals surface area contributed by atoms with Gasteiger partial charge in [-0.1, -0.05) is 6.42 Å². The van der Waals surface area contributed by atoms with Gasteiger partial charge in [0, 0.05) is 18.0 Å². The predicted octanol–water partition coefficient (Wildman–Crippen LogP) is 3.09. The van der Waals surface area contributed by atoms with E-state index in [1.54, 1.807) is 11.3 Å². The Kier molecular flexibility index (Phi) is 4.96. The van der Waals surface area contributed by atoms with E-state index in [2.05, 4.69) is 16.3 Å². The van der Waals surface area contributed by atoms with Crippen LogP contribution in [0.5, 0.6) is 0 Å². The first kappa shape index (κ1) is 15.0. The van der Waals surface area contributed by atoms with E-state index in [4.69, 9.17) is 0 Å². The molecule has 1 aromatic heterocycles. The molecule has 0 saturated carbocycles. The zero-order valence-corrected chi connectivity index (χ0v) is 13.8. The van der Waals surface area contributed by atoms with Crippen LogP contribution in [0.3, 0.4) is 0 Å². The number of piperidine rings is 1. The minimum absolute atomic E-state index is 0.274. The van der Waals surface area contributed by atoms with Gasteiger partial charge in [0.1, 0.15) is 0 Å². The van der Waals surface area contributed by atoms with E-state index in [0.29, 0.717) is 0 Å². The number of amides is 1. The lowest BCUT2D eigenvalue weighted by molar-refractivity contribution is 0.0696. The van der Waals surface area contributed by atoms with Gasteiger partial charge in [0.2, 0.25) is 0 Å². The van der Waals surface area contributed by atoms with E-state index < -0.39 is 0 Å². The summed E-state index contributed by atoms with van der Waals surface area (Å²) in [5.41, 5.74) is 1.45. The van der Waals surface area contributed by atoms with Crippen molar-refractivity contribution in [3.63, 3.8) is 0 Å². The summed E-state index contributed by atoms with van der Waals surface area (Å²) < 4.78 is 0. The average Bonchev–Trinajstić information content (AvgIpc) is 2.79. The molecule has 116 valence electrons. The Morgan fingerprint density at radius 3 is 2.81 bits per heavy atom. The number of hydrogen-bond acceptors (Lipinski definition) is 3. The second-order valence-electron chi connectivity index (χ2n) is 6.41. The fourth-order valence-electron chi connectivity index (χ4n) is 3.56. The van der Waals surface area contributed by atoms with Crippen molar-refractivity contribution < 1.29 is 4.79 Å². The van der Waals surface area contributed by atoms with Crippen LogP contribution in [0.1, 0.15) is 52.2 Å². The third kappa shape index (κ3) is 3.49. The number of carbonyl (C=O) groups is 1. The summed E-state index contributed by atoms with van der Waals surface area (Å²) in [7, 11) is 2.01. The monoisotopic (exact) mass is 306 g/mol. The van der Waals surface area contributed by atoms with Crippen LogP contribution in [0.4, 0.5) is 0 Å². The number of aryl methyl sites for hydroxylation is 2. The number of thiophene rings is 1. The summed E-state index contributed by atoms with van der Waals surface area (Å²) in [5.74, 6) is 1.01. The van der Waals surface area contributed by atoms with Crippen LogP contribution in [-0.4, -0.2) is 37.5 Å². The first-order valence-corrected chi connectivity index (χ1v) is 9.15. The quantitative estimate of drug-likeness (QED) is 0.870. The van der Waals surface area contributed by atoms with Crippen molar-refractivity contribution >= 4 is 17.2 Å². The number of fused-ring (bicyclic) bond motifs is 1. The van der Waals surface area contributed by atoms with Crippen LogP contribution >= 0.6 is 11.3 Å². The number of rotatable bonds is 3. The Hall–Kier alpha value is -0.870. The molecule has 21 heavy (non-hydrogen) atoms. The molecule has 2 aliphatic rings. The molecule has 0 aromatic carbocycles. The van der Waals surface area contributed by atoms with E-state index in [-0.39, 0.29) is 5.91 Å². The van der Waals surface area contributed by atoms with Crippen LogP contribution in [0, 0.1) is 5.92 Å². The van der Waals surface area contributed by atoms with Gasteiger partial charge in [-0.3, -0.25) is 4.79 Å². The van der Waals surface area contributed by atoms with Crippen LogP contribution in [0.2, 0.25) is 0 Å². The van der Waals surface area contributed by atoms with Gasteiger partial charge in [0.15, 0.2) is 0 Å². The Morgan fingerprint density at radius 2 is 2.05 bits per heavy atom. The Morgan fingerprint density at radius 1 is 1.29 bits per heavy atom. The van der Waals surface area contributed by atoms with Gasteiger partial charge in [-0.25, -0.2) is 0 Å². The van der Waals surface area contributed by atoms with Crippen molar-refractivity contribution in [3.8, 4) is 0 Å². The summed E-state index contributed by atoms with van der Waals surface area (Å²) >= 11 is 1.76. The molecule has 0 radical (unpaired) electrons. The molecule has 1 N–H and O–H groups in total. The molecule has 0 atom stereocenters. The Balaban J connectivity index is 1.63. The minimum Gasteiger partial charge on any atom is -0.338 e. The minimum atomic E-state index is 0.274. The number of nitrogens with zero attached hydrogens (tertiary/aromatic N) is 1. The second kappa shape index (κ2) is 6.93. The zero-order chi connectivity index (χ0) is 14.7. The maximum Gasteiger partial charge on any atom is 0.263 e. The largest absolute Gasteiger partial charge is 0.338 e. The lowest BCUT2D eigenvalue weighted by Gasteiger charge is -2.31. The SMILES string of the molecule is CNCC1CCN(C(=O)c2cc3c(s2)CCCCC3)CC1. The van der Waals surface area contributed by atoms with E-state index in [1.807, 2.05) is 7.05 Å². The number of hydrogen-bond donors (Lipinski definition) is 1. The van der Waals surface area contributed by atoms with Crippen LogP contribution in [-0.2, 0) is 12.8 Å². The highest BCUT2D eigenvalue weighted by atomic mass is 32.1. The van der Waals surface area contributed by atoms with Gasteiger partial charge in [0.05, 0.1) is 4.88 Å². The molecule has 1 fully saturated rings. The van der Waals surface area contributed by atoms with Crippen LogP contribution in [0.25, 0.3) is 0 Å². The van der Waals surface area contributed by atoms with Gasteiger partial charge >= 0.3 is 0 Å². The predicted molar refractivity (Wildman–Crippen MR) is 88.1 cm³/mol. The Bertz CT molecular complexity index is 465. The van der Waals surface area contributed by atoms with Crippen LogP contribution in [0.15, 0.2) is 6.07 Å². The average molecular weight is 306 g/mol. The normalized spacial score (nSPS) is 20.1. The summed E-state index contributed by atoms with van der Waals surface area (Å²) in [5, 5.41) is 3.25. The molecule has 0 bridgehead atoms. The molecule has 0 unspecified atom stereocenters. The summed E-state index contributed by atoms with van der Waals surface area (Å²) in [6.45, 7) is 2.93. The van der Waals surface area contributed by atoms with Gasteiger partial charge in [0.25, 0.3) is 5.91 Å². The number of nitrogens with one attached hydrogen (secondary N) is 1. The molecule has 3 rings (SSSR count). The maximum atomic E-state index is 12.7. The van der Waals surface area contributed by atoms with E-state index >= 15 is 0 Å². The van der Waals surface area contributed by atoms with Gasteiger partial charge in [-0.05, 0) is 69.7 Å². The smallest absolute Gasteiger partial charge is 0.263 e. The first-order valence-electron chi connectivity index (χ1n) is 8.33. The molecule has 4 heteroatoms. The van der Waals surface area contributed by atoms with E-state index in [1.165, 1.54) is 42.5 Å². The topological polar surface area (TPSA) is 32.3 Å². The third-order valence-electron chi connectivity index (χ3n) is 4.85. The van der Waals surface area contributed by atoms with Crippen molar-refractivity contribution in [2.75, 3.05) is 26.7 Å². The molecular weight excluding hydrogens is 280 g/mol. The van der Waals surface area contributed by atoms with Crippen molar-refractivity contribution in [2.45, 2.75) is 44.9 Å². The molecule has 1 aliphatic heterocycles. The molecule has 2 heterocycles. The summed E-state index contributed by atoms with van der Waals surface area (Å²) in [4.78, 5) is 17.2. The van der Waals surface area contributed by atoms with Crippen molar-refractivity contribution in [1.82, 2.24) is 10.2 Å². The lowest BCUT2D eigenvalue weighted by Crippen LogP contribution is -2.40. The van der Waals surface area contributed by atoms with Gasteiger partial charge < -0.3 is 10.2 Å². The van der Waals surface area contributed by atoms with Gasteiger partial charge in [-0.15, -0.1) is 11.3 Å². The highest BCUT2D eigenvalue weighted by Crippen LogP contribution is 2.30. The van der Waals surface area contributed by atoms with Crippen LogP contribution < -0.4 is 5.32 Å². The van der Waals surface area contributed by atoms with Crippen molar-refractivity contribution in [1.29, 1.82) is 0 Å². The molecule has 1 amide bonds.